The predicted octanol–water partition coefficient (Wildman–Crippen LogP) is 5.67. The Morgan fingerprint density at radius 3 is 2.43 bits per heavy atom. The van der Waals surface area contributed by atoms with Crippen molar-refractivity contribution in [2.45, 2.75) is 60.5 Å². The second-order valence-corrected chi connectivity index (χ2v) is 11.6. The molecule has 2 heterocycles. The zero-order valence-electron chi connectivity index (χ0n) is 21.2. The summed E-state index contributed by atoms with van der Waals surface area (Å²) in [4.78, 5) is 46.0. The molecular formula is C26H32N4O4S. The number of thiazole rings is 1. The fourth-order valence-corrected chi connectivity index (χ4v) is 4.40. The van der Waals surface area contributed by atoms with Crippen LogP contribution in [0.4, 0.5) is 10.8 Å². The second-order valence-electron chi connectivity index (χ2n) is 10.6. The number of carbonyl (C=O) groups is 2. The number of fused-ring (bicyclic) bond motifs is 1. The summed E-state index contributed by atoms with van der Waals surface area (Å²) in [5.74, 6) is -0.383. The lowest BCUT2D eigenvalue weighted by Crippen LogP contribution is -2.39. The number of amides is 2. The molecule has 0 bridgehead atoms. The Morgan fingerprint density at radius 2 is 1.83 bits per heavy atom. The molecule has 2 amide bonds. The highest BCUT2D eigenvalue weighted by atomic mass is 32.1. The number of hydrogen-bond donors (Lipinski definition) is 2. The van der Waals surface area contributed by atoms with Crippen molar-refractivity contribution in [1.82, 2.24) is 9.97 Å². The molecule has 2 aromatic heterocycles. The van der Waals surface area contributed by atoms with Gasteiger partial charge in [-0.1, -0.05) is 38.2 Å². The van der Waals surface area contributed by atoms with Gasteiger partial charge in [-0.05, 0) is 56.5 Å². The van der Waals surface area contributed by atoms with Crippen LogP contribution in [0.15, 0.2) is 47.7 Å². The standard InChI is InChI=1S/C26H32N4O4S/c1-15(31)28-24-29-19-10-9-17(12-21(19)35-24)18-11-20(23(33)27-14-18)30(16(2)34-26(6,7)8)22(32)13-25(3,4)5/h9-12,14H,2,13H2,1,3-8H3,(H,27,33)(H,28,29,31). The van der Waals surface area contributed by atoms with Gasteiger partial charge in [-0.15, -0.1) is 0 Å². The number of pyridine rings is 1. The maximum atomic E-state index is 13.3. The minimum absolute atomic E-state index is 0.0901. The zero-order valence-corrected chi connectivity index (χ0v) is 22.1. The van der Waals surface area contributed by atoms with Gasteiger partial charge in [0, 0.05) is 25.1 Å². The number of benzene rings is 1. The monoisotopic (exact) mass is 496 g/mol. The van der Waals surface area contributed by atoms with Crippen molar-refractivity contribution in [3.8, 4) is 11.1 Å². The fourth-order valence-electron chi connectivity index (χ4n) is 3.45. The second kappa shape index (κ2) is 9.65. The predicted molar refractivity (Wildman–Crippen MR) is 142 cm³/mol. The smallest absolute Gasteiger partial charge is 0.272 e. The van der Waals surface area contributed by atoms with Crippen LogP contribution >= 0.6 is 11.3 Å². The first-order chi connectivity index (χ1) is 16.1. The van der Waals surface area contributed by atoms with E-state index in [0.717, 1.165) is 15.8 Å². The van der Waals surface area contributed by atoms with Gasteiger partial charge in [0.2, 0.25) is 11.8 Å². The van der Waals surface area contributed by atoms with E-state index >= 15 is 0 Å². The van der Waals surface area contributed by atoms with Crippen LogP contribution in [0.1, 0.15) is 54.9 Å². The molecule has 35 heavy (non-hydrogen) atoms. The van der Waals surface area contributed by atoms with Crippen molar-refractivity contribution in [3.05, 3.63) is 53.3 Å². The fraction of sp³-hybridized carbons (Fsp3) is 0.385. The Morgan fingerprint density at radius 1 is 1.14 bits per heavy atom. The van der Waals surface area contributed by atoms with Crippen molar-refractivity contribution in [3.63, 3.8) is 0 Å². The maximum absolute atomic E-state index is 13.3. The van der Waals surface area contributed by atoms with Gasteiger partial charge in [-0.3, -0.25) is 14.4 Å². The molecule has 0 aliphatic heterocycles. The quantitative estimate of drug-likeness (QED) is 0.428. The van der Waals surface area contributed by atoms with Crippen LogP contribution in [0, 0.1) is 5.41 Å². The van der Waals surface area contributed by atoms with Gasteiger partial charge < -0.3 is 15.0 Å². The van der Waals surface area contributed by atoms with Gasteiger partial charge >= 0.3 is 0 Å². The lowest BCUT2D eigenvalue weighted by Gasteiger charge is -2.31. The van der Waals surface area contributed by atoms with E-state index in [1.165, 1.54) is 23.2 Å². The van der Waals surface area contributed by atoms with E-state index in [-0.39, 0.29) is 35.2 Å². The minimum atomic E-state index is -0.607. The summed E-state index contributed by atoms with van der Waals surface area (Å²) in [7, 11) is 0. The Balaban J connectivity index is 2.07. The first-order valence-electron chi connectivity index (χ1n) is 11.3. The lowest BCUT2D eigenvalue weighted by atomic mass is 9.91. The number of aromatic nitrogens is 2. The van der Waals surface area contributed by atoms with E-state index in [2.05, 4.69) is 21.9 Å². The molecule has 0 aliphatic rings. The average molecular weight is 497 g/mol. The number of ether oxygens (including phenoxy) is 1. The number of aromatic amines is 1. The molecule has 0 atom stereocenters. The minimum Gasteiger partial charge on any atom is -0.473 e. The van der Waals surface area contributed by atoms with E-state index in [0.29, 0.717) is 10.7 Å². The number of nitrogens with zero attached hydrogens (tertiary/aromatic N) is 2. The van der Waals surface area contributed by atoms with Crippen LogP contribution in [0.5, 0.6) is 0 Å². The van der Waals surface area contributed by atoms with Gasteiger partial charge in [0.15, 0.2) is 11.0 Å². The van der Waals surface area contributed by atoms with Crippen LogP contribution in [0.2, 0.25) is 0 Å². The Bertz CT molecular complexity index is 1310. The molecule has 186 valence electrons. The maximum Gasteiger partial charge on any atom is 0.272 e. The van der Waals surface area contributed by atoms with E-state index in [9.17, 15) is 14.4 Å². The van der Waals surface area contributed by atoms with E-state index < -0.39 is 11.2 Å². The molecule has 9 heteroatoms. The summed E-state index contributed by atoms with van der Waals surface area (Å²) in [5.41, 5.74) is 1.07. The Kier molecular flexibility index (Phi) is 7.21. The largest absolute Gasteiger partial charge is 0.473 e. The van der Waals surface area contributed by atoms with E-state index in [4.69, 9.17) is 4.74 Å². The van der Waals surface area contributed by atoms with E-state index in [1.54, 1.807) is 12.3 Å². The molecule has 8 nitrogen and oxygen atoms in total. The normalized spacial score (nSPS) is 11.9. The molecule has 0 saturated carbocycles. The summed E-state index contributed by atoms with van der Waals surface area (Å²) < 4.78 is 6.77. The van der Waals surface area contributed by atoms with Crippen LogP contribution in [0.25, 0.3) is 21.3 Å². The number of anilines is 2. The number of hydrogen-bond acceptors (Lipinski definition) is 6. The summed E-state index contributed by atoms with van der Waals surface area (Å²) in [6.45, 7) is 16.8. The topological polar surface area (TPSA) is 104 Å². The van der Waals surface area contributed by atoms with Gasteiger partial charge in [0.1, 0.15) is 11.3 Å². The third kappa shape index (κ3) is 6.79. The first kappa shape index (κ1) is 26.2. The molecule has 3 rings (SSSR count). The molecule has 0 spiro atoms. The van der Waals surface area contributed by atoms with Crippen LogP contribution in [-0.2, 0) is 14.3 Å². The summed E-state index contributed by atoms with van der Waals surface area (Å²) in [6.07, 6.45) is 1.80. The number of carbonyl (C=O) groups excluding carboxylic acids is 2. The van der Waals surface area contributed by atoms with Crippen LogP contribution in [-0.4, -0.2) is 27.4 Å². The summed E-state index contributed by atoms with van der Waals surface area (Å²) >= 11 is 1.36. The van der Waals surface area contributed by atoms with Gasteiger partial charge in [0.05, 0.1) is 10.2 Å². The van der Waals surface area contributed by atoms with Gasteiger partial charge in [-0.25, -0.2) is 9.88 Å². The van der Waals surface area contributed by atoms with Crippen LogP contribution < -0.4 is 15.8 Å². The molecule has 0 unspecified atom stereocenters. The van der Waals surface area contributed by atoms with Crippen molar-refractivity contribution in [2.75, 3.05) is 10.2 Å². The number of H-pyrrole nitrogens is 1. The van der Waals surface area contributed by atoms with E-state index in [1.807, 2.05) is 59.7 Å². The zero-order chi connectivity index (χ0) is 26.1. The van der Waals surface area contributed by atoms with Crippen molar-refractivity contribution >= 4 is 44.2 Å². The molecule has 3 aromatic rings. The Hall–Kier alpha value is -3.46. The van der Waals surface area contributed by atoms with Crippen LogP contribution in [0.3, 0.4) is 0 Å². The molecule has 0 radical (unpaired) electrons. The first-order valence-corrected chi connectivity index (χ1v) is 12.1. The Labute approximate surface area is 209 Å². The molecule has 1 aromatic carbocycles. The molecule has 2 N–H and O–H groups in total. The summed E-state index contributed by atoms with van der Waals surface area (Å²) in [6, 6.07) is 7.31. The number of nitrogens with one attached hydrogen (secondary N) is 2. The SMILES string of the molecule is C=C(OC(C)(C)C)N(C(=O)CC(C)(C)C)c1cc(-c2ccc3nc(NC(C)=O)sc3c2)c[nH]c1=O. The average Bonchev–Trinajstić information content (AvgIpc) is 3.07. The van der Waals surface area contributed by atoms with Gasteiger partial charge in [0.25, 0.3) is 5.56 Å². The van der Waals surface area contributed by atoms with Crippen molar-refractivity contribution < 1.29 is 14.3 Å². The summed E-state index contributed by atoms with van der Waals surface area (Å²) in [5, 5.41) is 3.22. The third-order valence-electron chi connectivity index (χ3n) is 4.73. The highest BCUT2D eigenvalue weighted by molar-refractivity contribution is 7.22. The molecule has 0 fully saturated rings. The molecular weight excluding hydrogens is 464 g/mol. The number of rotatable bonds is 6. The lowest BCUT2D eigenvalue weighted by molar-refractivity contribution is -0.121. The van der Waals surface area contributed by atoms with Crippen molar-refractivity contribution in [2.24, 2.45) is 5.41 Å². The molecule has 0 saturated heterocycles. The molecule has 0 aliphatic carbocycles. The third-order valence-corrected chi connectivity index (χ3v) is 5.67. The highest BCUT2D eigenvalue weighted by Crippen LogP contribution is 2.32. The van der Waals surface area contributed by atoms with Crippen molar-refractivity contribution in [1.29, 1.82) is 0 Å². The van der Waals surface area contributed by atoms with Gasteiger partial charge in [-0.2, -0.15) is 0 Å². The highest BCUT2D eigenvalue weighted by Gasteiger charge is 2.29.